The first-order chi connectivity index (χ1) is 5.41. The minimum atomic E-state index is 0.631. The summed E-state index contributed by atoms with van der Waals surface area (Å²) in [6.07, 6.45) is 9.40. The SMILES string of the molecule is CC/C=C\CNC/C=C\CN. The van der Waals surface area contributed by atoms with Gasteiger partial charge in [-0.15, -0.1) is 0 Å². The number of hydrogen-bond donors (Lipinski definition) is 2. The number of nitrogens with one attached hydrogen (secondary N) is 1. The maximum absolute atomic E-state index is 5.26. The molecular weight excluding hydrogens is 136 g/mol. The van der Waals surface area contributed by atoms with Crippen molar-refractivity contribution in [3.63, 3.8) is 0 Å². The average molecular weight is 154 g/mol. The Morgan fingerprint density at radius 1 is 1.09 bits per heavy atom. The van der Waals surface area contributed by atoms with E-state index in [0.717, 1.165) is 19.5 Å². The van der Waals surface area contributed by atoms with Gasteiger partial charge in [0.1, 0.15) is 0 Å². The molecule has 0 aliphatic carbocycles. The van der Waals surface area contributed by atoms with Crippen molar-refractivity contribution < 1.29 is 0 Å². The van der Waals surface area contributed by atoms with E-state index in [9.17, 15) is 0 Å². The number of hydrogen-bond acceptors (Lipinski definition) is 2. The molecule has 0 unspecified atom stereocenters. The van der Waals surface area contributed by atoms with E-state index < -0.39 is 0 Å². The van der Waals surface area contributed by atoms with Gasteiger partial charge in [-0.05, 0) is 6.42 Å². The van der Waals surface area contributed by atoms with Crippen molar-refractivity contribution in [3.05, 3.63) is 24.3 Å². The molecule has 0 saturated heterocycles. The summed E-state index contributed by atoms with van der Waals surface area (Å²) in [4.78, 5) is 0. The topological polar surface area (TPSA) is 38.0 Å². The van der Waals surface area contributed by atoms with E-state index in [1.165, 1.54) is 0 Å². The van der Waals surface area contributed by atoms with Crippen LogP contribution in [0, 0.1) is 0 Å². The molecule has 0 aromatic rings. The number of nitrogens with two attached hydrogens (primary N) is 1. The maximum Gasteiger partial charge on any atom is 0.0138 e. The summed E-state index contributed by atoms with van der Waals surface area (Å²) in [5.74, 6) is 0. The lowest BCUT2D eigenvalue weighted by molar-refractivity contribution is 0.838. The summed E-state index contributed by atoms with van der Waals surface area (Å²) in [5.41, 5.74) is 5.26. The third-order valence-electron chi connectivity index (χ3n) is 1.23. The van der Waals surface area contributed by atoms with Crippen molar-refractivity contribution in [1.82, 2.24) is 5.32 Å². The average Bonchev–Trinajstić information content (AvgIpc) is 2.03. The molecule has 0 radical (unpaired) electrons. The van der Waals surface area contributed by atoms with Gasteiger partial charge in [-0.1, -0.05) is 31.2 Å². The third-order valence-corrected chi connectivity index (χ3v) is 1.23. The van der Waals surface area contributed by atoms with Gasteiger partial charge in [0, 0.05) is 19.6 Å². The molecule has 0 aromatic carbocycles. The highest BCUT2D eigenvalue weighted by molar-refractivity contribution is 4.87. The zero-order chi connectivity index (χ0) is 8.36. The zero-order valence-electron chi connectivity index (χ0n) is 7.22. The summed E-state index contributed by atoms with van der Waals surface area (Å²) in [6, 6.07) is 0. The molecule has 2 nitrogen and oxygen atoms in total. The Kier molecular flexibility index (Phi) is 8.89. The second-order valence-electron chi connectivity index (χ2n) is 2.25. The van der Waals surface area contributed by atoms with Crippen molar-refractivity contribution in [2.24, 2.45) is 5.73 Å². The Hall–Kier alpha value is -0.600. The van der Waals surface area contributed by atoms with Gasteiger partial charge in [0.05, 0.1) is 0 Å². The highest BCUT2D eigenvalue weighted by Gasteiger charge is 1.75. The molecule has 0 amide bonds. The summed E-state index contributed by atoms with van der Waals surface area (Å²) in [5, 5.41) is 3.23. The number of allylic oxidation sites excluding steroid dienone is 1. The monoisotopic (exact) mass is 154 g/mol. The lowest BCUT2D eigenvalue weighted by atomic mass is 10.4. The summed E-state index contributed by atoms with van der Waals surface area (Å²) in [7, 11) is 0. The van der Waals surface area contributed by atoms with E-state index in [4.69, 9.17) is 5.73 Å². The lowest BCUT2D eigenvalue weighted by Gasteiger charge is -1.93. The molecule has 0 rings (SSSR count). The predicted molar refractivity (Wildman–Crippen MR) is 50.5 cm³/mol. The molecule has 0 atom stereocenters. The Bertz CT molecular complexity index is 103. The molecule has 0 heterocycles. The van der Waals surface area contributed by atoms with E-state index in [1.54, 1.807) is 0 Å². The fourth-order valence-electron chi connectivity index (χ4n) is 0.680. The van der Waals surface area contributed by atoms with Crippen LogP contribution in [0.15, 0.2) is 24.3 Å². The van der Waals surface area contributed by atoms with Gasteiger partial charge < -0.3 is 11.1 Å². The minimum absolute atomic E-state index is 0.631. The minimum Gasteiger partial charge on any atom is -0.327 e. The zero-order valence-corrected chi connectivity index (χ0v) is 7.22. The van der Waals surface area contributed by atoms with Crippen LogP contribution < -0.4 is 11.1 Å². The van der Waals surface area contributed by atoms with Gasteiger partial charge in [0.2, 0.25) is 0 Å². The fraction of sp³-hybridized carbons (Fsp3) is 0.556. The Morgan fingerprint density at radius 2 is 1.73 bits per heavy atom. The van der Waals surface area contributed by atoms with Crippen molar-refractivity contribution in [3.8, 4) is 0 Å². The molecule has 0 bridgehead atoms. The quantitative estimate of drug-likeness (QED) is 0.443. The van der Waals surface area contributed by atoms with Gasteiger partial charge in [0.15, 0.2) is 0 Å². The van der Waals surface area contributed by atoms with E-state index in [2.05, 4.69) is 24.4 Å². The Morgan fingerprint density at radius 3 is 2.27 bits per heavy atom. The molecule has 11 heavy (non-hydrogen) atoms. The van der Waals surface area contributed by atoms with E-state index in [1.807, 2.05) is 12.2 Å². The first kappa shape index (κ1) is 10.4. The predicted octanol–water partition coefficient (Wildman–Crippen LogP) is 1.06. The van der Waals surface area contributed by atoms with Crippen molar-refractivity contribution in [1.29, 1.82) is 0 Å². The molecule has 0 aromatic heterocycles. The van der Waals surface area contributed by atoms with Crippen molar-refractivity contribution >= 4 is 0 Å². The normalized spacial score (nSPS) is 11.8. The first-order valence-corrected chi connectivity index (χ1v) is 4.12. The molecular formula is C9H18N2. The van der Waals surface area contributed by atoms with Crippen LogP contribution >= 0.6 is 0 Å². The molecule has 0 spiro atoms. The van der Waals surface area contributed by atoms with Crippen LogP contribution in [0.25, 0.3) is 0 Å². The maximum atomic E-state index is 5.26. The standard InChI is InChI=1S/C9H18N2/c1-2-3-5-8-11-9-6-4-7-10/h3-6,11H,2,7-10H2,1H3/b5-3-,6-4-. The van der Waals surface area contributed by atoms with Crippen LogP contribution in [0.1, 0.15) is 13.3 Å². The summed E-state index contributed by atoms with van der Waals surface area (Å²) in [6.45, 7) is 4.62. The van der Waals surface area contributed by atoms with Gasteiger partial charge in [-0.3, -0.25) is 0 Å². The molecule has 0 aliphatic rings. The van der Waals surface area contributed by atoms with Gasteiger partial charge in [-0.2, -0.15) is 0 Å². The van der Waals surface area contributed by atoms with Gasteiger partial charge in [0.25, 0.3) is 0 Å². The second kappa shape index (κ2) is 9.40. The second-order valence-corrected chi connectivity index (χ2v) is 2.25. The summed E-state index contributed by atoms with van der Waals surface area (Å²) >= 11 is 0. The van der Waals surface area contributed by atoms with Crippen LogP contribution in [0.4, 0.5) is 0 Å². The van der Waals surface area contributed by atoms with Crippen molar-refractivity contribution in [2.75, 3.05) is 19.6 Å². The van der Waals surface area contributed by atoms with E-state index in [0.29, 0.717) is 6.54 Å². The van der Waals surface area contributed by atoms with E-state index >= 15 is 0 Å². The Labute approximate surface area is 69.2 Å². The molecule has 0 aliphatic heterocycles. The molecule has 3 N–H and O–H groups in total. The molecule has 0 fully saturated rings. The van der Waals surface area contributed by atoms with Gasteiger partial charge in [-0.25, -0.2) is 0 Å². The first-order valence-electron chi connectivity index (χ1n) is 4.12. The van der Waals surface area contributed by atoms with Crippen LogP contribution in [0.2, 0.25) is 0 Å². The van der Waals surface area contributed by atoms with Gasteiger partial charge >= 0.3 is 0 Å². The third kappa shape index (κ3) is 9.40. The molecule has 0 saturated carbocycles. The lowest BCUT2D eigenvalue weighted by Crippen LogP contribution is -2.13. The Balaban J connectivity index is 3.02. The highest BCUT2D eigenvalue weighted by Crippen LogP contribution is 1.76. The molecule has 2 heteroatoms. The van der Waals surface area contributed by atoms with Crippen LogP contribution in [-0.4, -0.2) is 19.6 Å². The van der Waals surface area contributed by atoms with Crippen LogP contribution in [0.3, 0.4) is 0 Å². The smallest absolute Gasteiger partial charge is 0.0138 e. The van der Waals surface area contributed by atoms with Crippen LogP contribution in [-0.2, 0) is 0 Å². The van der Waals surface area contributed by atoms with E-state index in [-0.39, 0.29) is 0 Å². The molecule has 64 valence electrons. The number of rotatable bonds is 6. The highest BCUT2D eigenvalue weighted by atomic mass is 14.8. The van der Waals surface area contributed by atoms with Crippen molar-refractivity contribution in [2.45, 2.75) is 13.3 Å². The summed E-state index contributed by atoms with van der Waals surface area (Å²) < 4.78 is 0. The largest absolute Gasteiger partial charge is 0.327 e. The van der Waals surface area contributed by atoms with Crippen LogP contribution in [0.5, 0.6) is 0 Å². The fourth-order valence-corrected chi connectivity index (χ4v) is 0.680.